The Hall–Kier alpha value is -2.29. The third-order valence-corrected chi connectivity index (χ3v) is 7.44. The normalized spacial score (nSPS) is 18.4. The van der Waals surface area contributed by atoms with Crippen molar-refractivity contribution in [3.05, 3.63) is 66.0 Å². The second-order valence-corrected chi connectivity index (χ2v) is 9.50. The highest BCUT2D eigenvalue weighted by Gasteiger charge is 2.30. The predicted octanol–water partition coefficient (Wildman–Crippen LogP) is 2.79. The van der Waals surface area contributed by atoms with Crippen LogP contribution in [0.15, 0.2) is 59.5 Å². The molecule has 8 heteroatoms. The van der Waals surface area contributed by atoms with Gasteiger partial charge in [-0.1, -0.05) is 30.3 Å². The molecule has 0 unspecified atom stereocenters. The fraction of sp³-hybridized carbons (Fsp3) is 0.409. The van der Waals surface area contributed by atoms with Crippen LogP contribution in [-0.4, -0.2) is 55.8 Å². The average molecular weight is 434 g/mol. The van der Waals surface area contributed by atoms with Gasteiger partial charge in [-0.3, -0.25) is 9.69 Å². The highest BCUT2D eigenvalue weighted by Crippen LogP contribution is 2.19. The maximum absolute atomic E-state index is 13.1. The van der Waals surface area contributed by atoms with Crippen LogP contribution >= 0.6 is 0 Å². The molecule has 1 saturated heterocycles. The molecule has 0 radical (unpaired) electrons. The summed E-state index contributed by atoms with van der Waals surface area (Å²) in [4.78, 5) is 14.8. The van der Waals surface area contributed by atoms with Gasteiger partial charge in [0.1, 0.15) is 5.82 Å². The molecule has 162 valence electrons. The molecule has 3 rings (SSSR count). The first-order valence-corrected chi connectivity index (χ1v) is 11.6. The van der Waals surface area contributed by atoms with Gasteiger partial charge in [0.2, 0.25) is 15.9 Å². The van der Waals surface area contributed by atoms with E-state index in [4.69, 9.17) is 0 Å². The van der Waals surface area contributed by atoms with Crippen LogP contribution < -0.4 is 5.32 Å². The summed E-state index contributed by atoms with van der Waals surface area (Å²) in [5.41, 5.74) is 1.03. The largest absolute Gasteiger partial charge is 0.348 e. The molecule has 1 aliphatic heterocycles. The van der Waals surface area contributed by atoms with E-state index in [1.54, 1.807) is 0 Å². The van der Waals surface area contributed by atoms with Crippen molar-refractivity contribution in [3.8, 4) is 0 Å². The second-order valence-electron chi connectivity index (χ2n) is 7.56. The topological polar surface area (TPSA) is 69.7 Å². The van der Waals surface area contributed by atoms with Crippen LogP contribution in [0.2, 0.25) is 0 Å². The Bertz CT molecular complexity index is 951. The summed E-state index contributed by atoms with van der Waals surface area (Å²) in [5, 5.41) is 3.04. The van der Waals surface area contributed by atoms with Gasteiger partial charge in [-0.05, 0) is 50.1 Å². The van der Waals surface area contributed by atoms with Crippen LogP contribution in [0.5, 0.6) is 0 Å². The summed E-state index contributed by atoms with van der Waals surface area (Å²) < 4.78 is 40.3. The fourth-order valence-corrected chi connectivity index (χ4v) is 5.09. The Balaban J connectivity index is 1.61. The Morgan fingerprint density at radius 3 is 2.30 bits per heavy atom. The fourth-order valence-electron chi connectivity index (χ4n) is 3.62. The monoisotopic (exact) mass is 433 g/mol. The number of rotatable bonds is 6. The van der Waals surface area contributed by atoms with Crippen molar-refractivity contribution in [1.29, 1.82) is 0 Å². The number of nitrogens with one attached hydrogen (secondary N) is 1. The number of amides is 1. The third kappa shape index (κ3) is 5.24. The van der Waals surface area contributed by atoms with Crippen molar-refractivity contribution in [2.75, 3.05) is 26.2 Å². The molecule has 1 aliphatic rings. The summed E-state index contributed by atoms with van der Waals surface area (Å²) in [6.45, 7) is 5.52. The minimum Gasteiger partial charge on any atom is -0.348 e. The standard InChI is InChI=1S/C22H28FN3O3S/c1-17(19-7-4-3-5-8-19)24-22(27)18(2)25-13-6-14-26(16-15-25)30(28,29)21-11-9-20(23)10-12-21/h3-5,7-12,17-18H,6,13-16H2,1-2H3,(H,24,27)/t17-,18+/m0/s1. The van der Waals surface area contributed by atoms with Gasteiger partial charge in [-0.25, -0.2) is 12.8 Å². The Morgan fingerprint density at radius 1 is 0.967 bits per heavy atom. The van der Waals surface area contributed by atoms with E-state index in [1.165, 1.54) is 16.4 Å². The molecule has 0 saturated carbocycles. The van der Waals surface area contributed by atoms with Crippen molar-refractivity contribution in [2.45, 2.75) is 37.2 Å². The second kappa shape index (κ2) is 9.68. The number of halogens is 1. The number of carbonyl (C=O) groups excluding carboxylic acids is 1. The molecular formula is C22H28FN3O3S. The minimum absolute atomic E-state index is 0.0822. The zero-order chi connectivity index (χ0) is 21.7. The summed E-state index contributed by atoms with van der Waals surface area (Å²) in [6, 6.07) is 14.1. The number of nitrogens with zero attached hydrogens (tertiary/aromatic N) is 2. The number of benzene rings is 2. The highest BCUT2D eigenvalue weighted by molar-refractivity contribution is 7.89. The molecule has 1 heterocycles. The van der Waals surface area contributed by atoms with E-state index in [-0.39, 0.29) is 29.4 Å². The Labute approximate surface area is 177 Å². The lowest BCUT2D eigenvalue weighted by molar-refractivity contribution is -0.126. The molecule has 2 atom stereocenters. The predicted molar refractivity (Wildman–Crippen MR) is 114 cm³/mol. The molecule has 2 aromatic carbocycles. The lowest BCUT2D eigenvalue weighted by atomic mass is 10.1. The SMILES string of the molecule is C[C@H](NC(=O)[C@@H](C)N1CCCN(S(=O)(=O)c2ccc(F)cc2)CC1)c1ccccc1. The average Bonchev–Trinajstić information content (AvgIpc) is 3.01. The van der Waals surface area contributed by atoms with Gasteiger partial charge < -0.3 is 5.32 Å². The molecule has 2 aromatic rings. The molecule has 30 heavy (non-hydrogen) atoms. The van der Waals surface area contributed by atoms with Gasteiger partial charge in [0.25, 0.3) is 0 Å². The van der Waals surface area contributed by atoms with Gasteiger partial charge in [0, 0.05) is 26.2 Å². The molecule has 0 spiro atoms. The van der Waals surface area contributed by atoms with Gasteiger partial charge in [-0.2, -0.15) is 4.31 Å². The van der Waals surface area contributed by atoms with E-state index in [0.717, 1.165) is 17.7 Å². The van der Waals surface area contributed by atoms with E-state index < -0.39 is 15.8 Å². The quantitative estimate of drug-likeness (QED) is 0.761. The number of hydrogen-bond acceptors (Lipinski definition) is 4. The van der Waals surface area contributed by atoms with Crippen molar-refractivity contribution in [1.82, 2.24) is 14.5 Å². The number of hydrogen-bond donors (Lipinski definition) is 1. The maximum atomic E-state index is 13.1. The smallest absolute Gasteiger partial charge is 0.243 e. The van der Waals surface area contributed by atoms with E-state index in [1.807, 2.05) is 49.1 Å². The van der Waals surface area contributed by atoms with Crippen LogP contribution in [0.4, 0.5) is 4.39 Å². The van der Waals surface area contributed by atoms with E-state index in [0.29, 0.717) is 26.1 Å². The van der Waals surface area contributed by atoms with E-state index in [9.17, 15) is 17.6 Å². The highest BCUT2D eigenvalue weighted by atomic mass is 32.2. The zero-order valence-corrected chi connectivity index (χ0v) is 18.1. The van der Waals surface area contributed by atoms with Crippen LogP contribution in [0, 0.1) is 5.82 Å². The van der Waals surface area contributed by atoms with Crippen LogP contribution in [-0.2, 0) is 14.8 Å². The third-order valence-electron chi connectivity index (χ3n) is 5.53. The van der Waals surface area contributed by atoms with Gasteiger partial charge in [0.05, 0.1) is 17.0 Å². The molecule has 0 aromatic heterocycles. The first kappa shape index (κ1) is 22.4. The number of sulfonamides is 1. The molecule has 0 aliphatic carbocycles. The van der Waals surface area contributed by atoms with Crippen LogP contribution in [0.25, 0.3) is 0 Å². The molecule has 1 fully saturated rings. The molecule has 0 bridgehead atoms. The Morgan fingerprint density at radius 2 is 1.63 bits per heavy atom. The molecule has 6 nitrogen and oxygen atoms in total. The van der Waals surface area contributed by atoms with Crippen molar-refractivity contribution in [2.24, 2.45) is 0 Å². The van der Waals surface area contributed by atoms with Crippen molar-refractivity contribution < 1.29 is 17.6 Å². The van der Waals surface area contributed by atoms with Crippen molar-refractivity contribution in [3.63, 3.8) is 0 Å². The summed E-state index contributed by atoms with van der Waals surface area (Å²) >= 11 is 0. The molecular weight excluding hydrogens is 405 g/mol. The summed E-state index contributed by atoms with van der Waals surface area (Å²) in [5.74, 6) is -0.554. The maximum Gasteiger partial charge on any atom is 0.243 e. The van der Waals surface area contributed by atoms with Gasteiger partial charge in [-0.15, -0.1) is 0 Å². The zero-order valence-electron chi connectivity index (χ0n) is 17.3. The van der Waals surface area contributed by atoms with E-state index >= 15 is 0 Å². The first-order valence-electron chi connectivity index (χ1n) is 10.1. The first-order chi connectivity index (χ1) is 14.3. The summed E-state index contributed by atoms with van der Waals surface area (Å²) in [7, 11) is -3.69. The van der Waals surface area contributed by atoms with Crippen LogP contribution in [0.3, 0.4) is 0 Å². The minimum atomic E-state index is -3.69. The summed E-state index contributed by atoms with van der Waals surface area (Å²) in [6.07, 6.45) is 0.617. The lowest BCUT2D eigenvalue weighted by Gasteiger charge is -2.28. The van der Waals surface area contributed by atoms with E-state index in [2.05, 4.69) is 5.32 Å². The Kier molecular flexibility index (Phi) is 7.23. The number of carbonyl (C=O) groups is 1. The molecule has 1 N–H and O–H groups in total. The van der Waals surface area contributed by atoms with Crippen LogP contribution in [0.1, 0.15) is 31.9 Å². The molecule has 1 amide bonds. The van der Waals surface area contributed by atoms with Crippen molar-refractivity contribution >= 4 is 15.9 Å². The van der Waals surface area contributed by atoms with Gasteiger partial charge in [0.15, 0.2) is 0 Å². The lowest BCUT2D eigenvalue weighted by Crippen LogP contribution is -2.47. The van der Waals surface area contributed by atoms with Gasteiger partial charge >= 0.3 is 0 Å².